The average Bonchev–Trinajstić information content (AvgIpc) is 2.36. The summed E-state index contributed by atoms with van der Waals surface area (Å²) in [5.41, 5.74) is 1.17. The largest absolute Gasteiger partial charge is 0.198 e. The number of thiophene rings is 1. The molecule has 0 aliphatic rings. The maximum atomic E-state index is 8.40. The summed E-state index contributed by atoms with van der Waals surface area (Å²) >= 11 is 3.36. The molecule has 1 aromatic heterocycles. The molecule has 3 heteroatoms. The van der Waals surface area contributed by atoms with Gasteiger partial charge < -0.3 is 0 Å². The normalized spacial score (nSPS) is 9.20. The SMILES string of the molecule is CSc1cscc1CC#N. The summed E-state index contributed by atoms with van der Waals surface area (Å²) in [6, 6.07) is 2.14. The minimum atomic E-state index is 0.541. The molecule has 0 aliphatic heterocycles. The fourth-order valence-corrected chi connectivity index (χ4v) is 2.44. The molecular weight excluding hydrogens is 162 g/mol. The Bertz CT molecular complexity index is 246. The molecule has 0 saturated heterocycles. The van der Waals surface area contributed by atoms with Crippen LogP contribution in [0.25, 0.3) is 0 Å². The molecule has 0 unspecified atom stereocenters. The second kappa shape index (κ2) is 3.65. The zero-order valence-electron chi connectivity index (χ0n) is 5.63. The maximum Gasteiger partial charge on any atom is 0.0670 e. The van der Waals surface area contributed by atoms with E-state index in [1.165, 1.54) is 10.5 Å². The summed E-state index contributed by atoms with van der Waals surface area (Å²) in [7, 11) is 0. The first-order chi connectivity index (χ1) is 4.88. The van der Waals surface area contributed by atoms with Gasteiger partial charge in [0.05, 0.1) is 12.5 Å². The zero-order valence-corrected chi connectivity index (χ0v) is 7.26. The van der Waals surface area contributed by atoms with Gasteiger partial charge in [0.1, 0.15) is 0 Å². The van der Waals surface area contributed by atoms with E-state index in [4.69, 9.17) is 5.26 Å². The Morgan fingerprint density at radius 3 is 3.10 bits per heavy atom. The van der Waals surface area contributed by atoms with E-state index in [1.807, 2.05) is 11.6 Å². The lowest BCUT2D eigenvalue weighted by atomic mass is 10.3. The first kappa shape index (κ1) is 7.64. The van der Waals surface area contributed by atoms with Crippen molar-refractivity contribution in [3.8, 4) is 6.07 Å². The minimum absolute atomic E-state index is 0.541. The van der Waals surface area contributed by atoms with Gasteiger partial charge in [0, 0.05) is 10.3 Å². The van der Waals surface area contributed by atoms with Crippen LogP contribution in [0.4, 0.5) is 0 Å². The highest BCUT2D eigenvalue weighted by Crippen LogP contribution is 2.24. The molecule has 0 spiro atoms. The van der Waals surface area contributed by atoms with Gasteiger partial charge in [-0.25, -0.2) is 0 Å². The van der Waals surface area contributed by atoms with Gasteiger partial charge in [-0.3, -0.25) is 0 Å². The molecule has 52 valence electrons. The van der Waals surface area contributed by atoms with Crippen molar-refractivity contribution in [1.82, 2.24) is 0 Å². The molecule has 1 nitrogen and oxygen atoms in total. The van der Waals surface area contributed by atoms with Crippen molar-refractivity contribution in [2.75, 3.05) is 6.26 Å². The molecule has 0 aromatic carbocycles. The van der Waals surface area contributed by atoms with Crippen LogP contribution in [0.5, 0.6) is 0 Å². The van der Waals surface area contributed by atoms with Gasteiger partial charge in [-0.2, -0.15) is 16.6 Å². The molecule has 1 aromatic rings. The van der Waals surface area contributed by atoms with Crippen LogP contribution in [-0.4, -0.2) is 6.26 Å². The van der Waals surface area contributed by atoms with Gasteiger partial charge in [0.15, 0.2) is 0 Å². The number of thioether (sulfide) groups is 1. The van der Waals surface area contributed by atoms with Crippen LogP contribution in [0.2, 0.25) is 0 Å². The third-order valence-corrected chi connectivity index (χ3v) is 2.95. The molecular formula is C7H7NS2. The van der Waals surface area contributed by atoms with Crippen molar-refractivity contribution >= 4 is 23.1 Å². The molecule has 1 heterocycles. The lowest BCUT2D eigenvalue weighted by Crippen LogP contribution is -1.77. The molecule has 0 atom stereocenters. The number of nitriles is 1. The van der Waals surface area contributed by atoms with Gasteiger partial charge in [0.25, 0.3) is 0 Å². The molecule has 0 aliphatic carbocycles. The second-order valence-electron chi connectivity index (χ2n) is 1.80. The quantitative estimate of drug-likeness (QED) is 0.635. The standard InChI is InChI=1S/C7H7NS2/c1-9-7-5-10-4-6(7)2-3-8/h4-5H,2H2,1H3. The number of nitrogens with zero attached hydrogens (tertiary/aromatic N) is 1. The molecule has 10 heavy (non-hydrogen) atoms. The van der Waals surface area contributed by atoms with Crippen LogP contribution < -0.4 is 0 Å². The van der Waals surface area contributed by atoms with Crippen molar-refractivity contribution < 1.29 is 0 Å². The van der Waals surface area contributed by atoms with Crippen LogP contribution in [0.1, 0.15) is 5.56 Å². The fourth-order valence-electron chi connectivity index (χ4n) is 0.705. The van der Waals surface area contributed by atoms with Crippen molar-refractivity contribution in [2.24, 2.45) is 0 Å². The molecule has 1 rings (SSSR count). The van der Waals surface area contributed by atoms with E-state index in [0.29, 0.717) is 6.42 Å². The van der Waals surface area contributed by atoms with E-state index in [0.717, 1.165) is 0 Å². The van der Waals surface area contributed by atoms with Crippen LogP contribution in [0, 0.1) is 11.3 Å². The third-order valence-electron chi connectivity index (χ3n) is 1.19. The summed E-state index contributed by atoms with van der Waals surface area (Å²) in [4.78, 5) is 1.24. The molecule has 0 bridgehead atoms. The average molecular weight is 169 g/mol. The lowest BCUT2D eigenvalue weighted by molar-refractivity contribution is 1.22. The minimum Gasteiger partial charge on any atom is -0.198 e. The summed E-state index contributed by atoms with van der Waals surface area (Å²) in [5, 5.41) is 12.5. The van der Waals surface area contributed by atoms with E-state index in [-0.39, 0.29) is 0 Å². The summed E-state index contributed by atoms with van der Waals surface area (Å²) < 4.78 is 0. The highest BCUT2D eigenvalue weighted by molar-refractivity contribution is 7.98. The highest BCUT2D eigenvalue weighted by Gasteiger charge is 1.99. The molecule has 0 fully saturated rings. The first-order valence-electron chi connectivity index (χ1n) is 2.84. The summed E-state index contributed by atoms with van der Waals surface area (Å²) in [6.07, 6.45) is 2.57. The summed E-state index contributed by atoms with van der Waals surface area (Å²) in [6.45, 7) is 0. The Morgan fingerprint density at radius 1 is 1.70 bits per heavy atom. The number of hydrogen-bond donors (Lipinski definition) is 0. The molecule has 0 saturated carbocycles. The number of rotatable bonds is 2. The van der Waals surface area contributed by atoms with Crippen LogP contribution in [0.3, 0.4) is 0 Å². The smallest absolute Gasteiger partial charge is 0.0670 e. The van der Waals surface area contributed by atoms with Crippen LogP contribution in [-0.2, 0) is 6.42 Å². The predicted octanol–water partition coefficient (Wildman–Crippen LogP) is 2.54. The van der Waals surface area contributed by atoms with Crippen molar-refractivity contribution in [2.45, 2.75) is 11.3 Å². The Balaban J connectivity index is 2.82. The van der Waals surface area contributed by atoms with Crippen molar-refractivity contribution in [3.63, 3.8) is 0 Å². The Kier molecular flexibility index (Phi) is 2.79. The van der Waals surface area contributed by atoms with E-state index in [9.17, 15) is 0 Å². The maximum absolute atomic E-state index is 8.40. The van der Waals surface area contributed by atoms with Crippen LogP contribution >= 0.6 is 23.1 Å². The zero-order chi connectivity index (χ0) is 7.40. The third kappa shape index (κ3) is 1.53. The molecule has 0 N–H and O–H groups in total. The lowest BCUT2D eigenvalue weighted by Gasteiger charge is -1.91. The second-order valence-corrected chi connectivity index (χ2v) is 3.39. The summed E-state index contributed by atoms with van der Waals surface area (Å²) in [5.74, 6) is 0. The van der Waals surface area contributed by atoms with Gasteiger partial charge in [-0.15, -0.1) is 11.8 Å². The first-order valence-corrected chi connectivity index (χ1v) is 5.01. The van der Waals surface area contributed by atoms with E-state index < -0.39 is 0 Å². The Labute approximate surface area is 68.7 Å². The van der Waals surface area contributed by atoms with Crippen molar-refractivity contribution in [1.29, 1.82) is 5.26 Å². The van der Waals surface area contributed by atoms with Gasteiger partial charge >= 0.3 is 0 Å². The number of hydrogen-bond acceptors (Lipinski definition) is 3. The van der Waals surface area contributed by atoms with Gasteiger partial charge in [0.2, 0.25) is 0 Å². The van der Waals surface area contributed by atoms with E-state index >= 15 is 0 Å². The van der Waals surface area contributed by atoms with Gasteiger partial charge in [-0.1, -0.05) is 0 Å². The Hall–Kier alpha value is -0.460. The Morgan fingerprint density at radius 2 is 2.50 bits per heavy atom. The monoisotopic (exact) mass is 169 g/mol. The van der Waals surface area contributed by atoms with Crippen molar-refractivity contribution in [3.05, 3.63) is 16.3 Å². The van der Waals surface area contributed by atoms with E-state index in [1.54, 1.807) is 23.1 Å². The molecule has 0 radical (unpaired) electrons. The topological polar surface area (TPSA) is 23.8 Å². The van der Waals surface area contributed by atoms with E-state index in [2.05, 4.69) is 11.4 Å². The van der Waals surface area contributed by atoms with Gasteiger partial charge in [-0.05, 0) is 17.2 Å². The predicted molar refractivity (Wildman–Crippen MR) is 45.4 cm³/mol. The highest BCUT2D eigenvalue weighted by atomic mass is 32.2. The molecule has 0 amide bonds. The fraction of sp³-hybridized carbons (Fsp3) is 0.286. The van der Waals surface area contributed by atoms with Crippen LogP contribution in [0.15, 0.2) is 15.7 Å².